The first-order chi connectivity index (χ1) is 16.5. The van der Waals surface area contributed by atoms with Gasteiger partial charge in [-0.3, -0.25) is 4.79 Å². The molecule has 1 aliphatic rings. The molecule has 7 nitrogen and oxygen atoms in total. The number of nitrogens with one attached hydrogen (secondary N) is 2. The van der Waals surface area contributed by atoms with Gasteiger partial charge in [0, 0.05) is 23.9 Å². The van der Waals surface area contributed by atoms with Crippen LogP contribution in [0.2, 0.25) is 0 Å². The van der Waals surface area contributed by atoms with E-state index in [4.69, 9.17) is 4.98 Å². The van der Waals surface area contributed by atoms with E-state index in [0.717, 1.165) is 65.2 Å². The third-order valence-corrected chi connectivity index (χ3v) is 8.44. The fraction of sp³-hybridized carbons (Fsp3) is 0.462. The van der Waals surface area contributed by atoms with Gasteiger partial charge in [-0.15, -0.1) is 11.3 Å². The highest BCUT2D eigenvalue weighted by Crippen LogP contribution is 2.36. The summed E-state index contributed by atoms with van der Waals surface area (Å²) in [5.74, 6) is 2.25. The number of carbonyl (C=O) groups is 1. The third-order valence-electron chi connectivity index (χ3n) is 7.32. The van der Waals surface area contributed by atoms with Crippen molar-refractivity contribution in [1.29, 1.82) is 0 Å². The van der Waals surface area contributed by atoms with Gasteiger partial charge < -0.3 is 15.2 Å². The summed E-state index contributed by atoms with van der Waals surface area (Å²) in [5.41, 5.74) is 3.20. The third kappa shape index (κ3) is 4.15. The minimum atomic E-state index is -0.124. The normalized spacial score (nSPS) is 16.8. The molecule has 34 heavy (non-hydrogen) atoms. The van der Waals surface area contributed by atoms with Gasteiger partial charge in [-0.1, -0.05) is 32.4 Å². The van der Waals surface area contributed by atoms with Crippen LogP contribution < -0.4 is 10.2 Å². The number of benzene rings is 1. The summed E-state index contributed by atoms with van der Waals surface area (Å²) >= 11 is 1.72. The van der Waals surface area contributed by atoms with Gasteiger partial charge in [-0.25, -0.2) is 15.0 Å². The molecule has 8 heteroatoms. The molecule has 0 saturated carbocycles. The van der Waals surface area contributed by atoms with Crippen LogP contribution in [0.3, 0.4) is 0 Å². The summed E-state index contributed by atoms with van der Waals surface area (Å²) < 4.78 is 0. The predicted octanol–water partition coefficient (Wildman–Crippen LogP) is 5.30. The highest BCUT2D eigenvalue weighted by molar-refractivity contribution is 7.18. The Hall–Kier alpha value is -3.00. The molecule has 1 aliphatic heterocycles. The molecule has 2 atom stereocenters. The zero-order valence-electron chi connectivity index (χ0n) is 20.3. The Kier molecular flexibility index (Phi) is 6.25. The van der Waals surface area contributed by atoms with E-state index in [9.17, 15) is 4.79 Å². The molecule has 1 saturated heterocycles. The number of piperidine rings is 1. The molecule has 1 amide bonds. The van der Waals surface area contributed by atoms with E-state index >= 15 is 0 Å². The highest BCUT2D eigenvalue weighted by atomic mass is 32.1. The van der Waals surface area contributed by atoms with E-state index in [1.807, 2.05) is 24.3 Å². The Morgan fingerprint density at radius 2 is 2.00 bits per heavy atom. The van der Waals surface area contributed by atoms with Gasteiger partial charge in [0.2, 0.25) is 5.91 Å². The number of para-hydroxylation sites is 2. The molecule has 4 aromatic rings. The predicted molar refractivity (Wildman–Crippen MR) is 138 cm³/mol. The number of aryl methyl sites for hydroxylation is 2. The Balaban J connectivity index is 1.29. The van der Waals surface area contributed by atoms with Crippen molar-refractivity contribution in [2.24, 2.45) is 11.8 Å². The number of thiophene rings is 1. The van der Waals surface area contributed by atoms with Crippen molar-refractivity contribution in [2.75, 3.05) is 18.0 Å². The van der Waals surface area contributed by atoms with Crippen molar-refractivity contribution in [3.05, 3.63) is 46.9 Å². The van der Waals surface area contributed by atoms with Crippen LogP contribution in [0.5, 0.6) is 0 Å². The van der Waals surface area contributed by atoms with Crippen molar-refractivity contribution in [3.8, 4) is 0 Å². The lowest BCUT2D eigenvalue weighted by molar-refractivity contribution is -0.126. The summed E-state index contributed by atoms with van der Waals surface area (Å²) in [7, 11) is 0. The molecule has 2 unspecified atom stereocenters. The van der Waals surface area contributed by atoms with Crippen molar-refractivity contribution < 1.29 is 4.79 Å². The SMILES string of the molecule is CCC(C)C(NC(=O)C1CCN(c2ncnc3sc(C)c(C)c23)CC1)c1nc2ccccc2[nH]1. The lowest BCUT2D eigenvalue weighted by Gasteiger charge is -2.33. The van der Waals surface area contributed by atoms with E-state index in [0.29, 0.717) is 0 Å². The first-order valence-corrected chi connectivity index (χ1v) is 13.0. The van der Waals surface area contributed by atoms with Crippen LogP contribution in [0, 0.1) is 25.7 Å². The van der Waals surface area contributed by atoms with Crippen molar-refractivity contribution in [3.63, 3.8) is 0 Å². The Bertz CT molecular complexity index is 1290. The Morgan fingerprint density at radius 3 is 2.74 bits per heavy atom. The summed E-state index contributed by atoms with van der Waals surface area (Å²) in [6.45, 7) is 10.2. The lowest BCUT2D eigenvalue weighted by atomic mass is 9.93. The zero-order chi connectivity index (χ0) is 23.8. The van der Waals surface area contributed by atoms with Crippen molar-refractivity contribution >= 4 is 44.3 Å². The van der Waals surface area contributed by atoms with Gasteiger partial charge in [0.05, 0.1) is 22.5 Å². The molecule has 2 N–H and O–H groups in total. The number of rotatable bonds is 6. The van der Waals surface area contributed by atoms with Crippen LogP contribution >= 0.6 is 11.3 Å². The maximum atomic E-state index is 13.3. The molecule has 0 bridgehead atoms. The number of nitrogens with zero attached hydrogens (tertiary/aromatic N) is 4. The average molecular weight is 477 g/mol. The first-order valence-electron chi connectivity index (χ1n) is 12.2. The number of hydrogen-bond acceptors (Lipinski definition) is 6. The van der Waals surface area contributed by atoms with E-state index in [-0.39, 0.29) is 23.8 Å². The molecule has 0 spiro atoms. The van der Waals surface area contributed by atoms with Crippen LogP contribution in [0.15, 0.2) is 30.6 Å². The van der Waals surface area contributed by atoms with Gasteiger partial charge in [0.25, 0.3) is 0 Å². The number of aromatic amines is 1. The van der Waals surface area contributed by atoms with Gasteiger partial charge in [-0.05, 0) is 50.3 Å². The summed E-state index contributed by atoms with van der Waals surface area (Å²) in [4.78, 5) is 35.3. The molecule has 4 heterocycles. The highest BCUT2D eigenvalue weighted by Gasteiger charge is 2.31. The number of amides is 1. The minimum absolute atomic E-state index is 0.00480. The van der Waals surface area contributed by atoms with E-state index in [2.05, 4.69) is 52.9 Å². The topological polar surface area (TPSA) is 86.8 Å². The van der Waals surface area contributed by atoms with Crippen LogP contribution in [-0.4, -0.2) is 38.9 Å². The standard InChI is InChI=1S/C26H32N6OS/c1-5-15(2)22(23-29-19-8-6-7-9-20(19)30-23)31-25(33)18-10-12-32(13-11-18)24-21-16(3)17(4)34-26(21)28-14-27-24/h6-9,14-15,18,22H,5,10-13H2,1-4H3,(H,29,30)(H,31,33). The van der Waals surface area contributed by atoms with Gasteiger partial charge in [0.1, 0.15) is 22.8 Å². The summed E-state index contributed by atoms with van der Waals surface area (Å²) in [6, 6.07) is 7.89. The molecule has 1 fully saturated rings. The molecule has 5 rings (SSSR count). The first kappa shape index (κ1) is 22.8. The van der Waals surface area contributed by atoms with E-state index in [1.165, 1.54) is 10.4 Å². The number of aromatic nitrogens is 4. The maximum absolute atomic E-state index is 13.3. The summed E-state index contributed by atoms with van der Waals surface area (Å²) in [5, 5.41) is 4.50. The molecular weight excluding hydrogens is 444 g/mol. The fourth-order valence-electron chi connectivity index (χ4n) is 4.86. The average Bonchev–Trinajstić information content (AvgIpc) is 3.42. The molecule has 3 aromatic heterocycles. The molecule has 1 aromatic carbocycles. The van der Waals surface area contributed by atoms with Crippen LogP contribution in [0.25, 0.3) is 21.3 Å². The molecule has 0 aliphatic carbocycles. The van der Waals surface area contributed by atoms with Crippen LogP contribution in [-0.2, 0) is 4.79 Å². The number of H-pyrrole nitrogens is 1. The van der Waals surface area contributed by atoms with Gasteiger partial charge in [0.15, 0.2) is 0 Å². The second-order valence-electron chi connectivity index (χ2n) is 9.43. The second-order valence-corrected chi connectivity index (χ2v) is 10.6. The smallest absolute Gasteiger partial charge is 0.223 e. The second kappa shape index (κ2) is 9.33. The number of imidazole rings is 1. The van der Waals surface area contributed by atoms with E-state index < -0.39 is 0 Å². The van der Waals surface area contributed by atoms with Crippen molar-refractivity contribution in [1.82, 2.24) is 25.3 Å². The Labute approximate surface area is 204 Å². The minimum Gasteiger partial charge on any atom is -0.356 e. The number of fused-ring (bicyclic) bond motifs is 2. The molecular formula is C26H32N6OS. The van der Waals surface area contributed by atoms with Gasteiger partial charge in [-0.2, -0.15) is 0 Å². The summed E-state index contributed by atoms with van der Waals surface area (Å²) in [6.07, 6.45) is 4.25. The van der Waals surface area contributed by atoms with Crippen molar-refractivity contribution in [2.45, 2.75) is 53.0 Å². The maximum Gasteiger partial charge on any atom is 0.223 e. The fourth-order valence-corrected chi connectivity index (χ4v) is 5.86. The molecule has 0 radical (unpaired) electrons. The zero-order valence-corrected chi connectivity index (χ0v) is 21.1. The number of anilines is 1. The number of carbonyl (C=O) groups excluding carboxylic acids is 1. The quantitative estimate of drug-likeness (QED) is 0.394. The lowest BCUT2D eigenvalue weighted by Crippen LogP contribution is -2.43. The number of hydrogen-bond donors (Lipinski definition) is 2. The Morgan fingerprint density at radius 1 is 1.24 bits per heavy atom. The monoisotopic (exact) mass is 476 g/mol. The molecule has 178 valence electrons. The van der Waals surface area contributed by atoms with Crippen LogP contribution in [0.1, 0.15) is 55.4 Å². The largest absolute Gasteiger partial charge is 0.356 e. The van der Waals surface area contributed by atoms with Gasteiger partial charge >= 0.3 is 0 Å². The van der Waals surface area contributed by atoms with E-state index in [1.54, 1.807) is 17.7 Å². The van der Waals surface area contributed by atoms with Crippen LogP contribution in [0.4, 0.5) is 5.82 Å².